The number of carbonyl (C=O) groups is 4. The van der Waals surface area contributed by atoms with Crippen LogP contribution in [0, 0.1) is 6.92 Å². The third-order valence-electron chi connectivity index (χ3n) is 5.25. The maximum Gasteiger partial charge on any atom is 0.348 e. The molecule has 3 aromatic rings. The monoisotopic (exact) mass is 559 g/mol. The first-order valence-corrected chi connectivity index (χ1v) is 13.6. The predicted octanol–water partition coefficient (Wildman–Crippen LogP) is 3.13. The van der Waals surface area contributed by atoms with E-state index >= 15 is 0 Å². The molecule has 2 heterocycles. The predicted molar refractivity (Wildman–Crippen MR) is 143 cm³/mol. The van der Waals surface area contributed by atoms with Crippen molar-refractivity contribution < 1.29 is 28.7 Å². The van der Waals surface area contributed by atoms with Crippen LogP contribution in [0.15, 0.2) is 35.5 Å². The van der Waals surface area contributed by atoms with Crippen molar-refractivity contribution in [3.8, 4) is 0 Å². The summed E-state index contributed by atoms with van der Waals surface area (Å²) >= 11 is 2.11. The van der Waals surface area contributed by atoms with Gasteiger partial charge in [-0.2, -0.15) is 0 Å². The number of rotatable bonds is 12. The van der Waals surface area contributed by atoms with Gasteiger partial charge in [-0.3, -0.25) is 9.59 Å². The number of nitrogens with one attached hydrogen (secondary N) is 2. The lowest BCUT2D eigenvalue weighted by atomic mass is 10.1. The number of amides is 2. The molecule has 0 fully saturated rings. The Balaban J connectivity index is 1.60. The van der Waals surface area contributed by atoms with E-state index in [2.05, 4.69) is 20.8 Å². The van der Waals surface area contributed by atoms with Crippen LogP contribution >= 0.6 is 23.1 Å². The number of anilines is 1. The lowest BCUT2D eigenvalue weighted by Crippen LogP contribution is -2.26. The Morgan fingerprint density at radius 1 is 1.00 bits per heavy atom. The van der Waals surface area contributed by atoms with Gasteiger partial charge < -0.3 is 24.7 Å². The summed E-state index contributed by atoms with van der Waals surface area (Å²) in [5.41, 5.74) is 1.43. The summed E-state index contributed by atoms with van der Waals surface area (Å²) in [5.74, 6) is -1.24. The second kappa shape index (κ2) is 13.7. The zero-order chi connectivity index (χ0) is 27.7. The van der Waals surface area contributed by atoms with Crippen LogP contribution in [0.5, 0.6) is 0 Å². The third-order valence-corrected chi connectivity index (χ3v) is 7.46. The summed E-state index contributed by atoms with van der Waals surface area (Å²) in [7, 11) is 1.74. The van der Waals surface area contributed by atoms with Crippen molar-refractivity contribution in [2.75, 3.05) is 24.3 Å². The Morgan fingerprint density at radius 2 is 1.68 bits per heavy atom. The Bertz CT molecular complexity index is 1310. The standard InChI is InChI=1S/C25H29N5O6S2/c1-5-35-23(33)20-15(3)21(24(34)36-6-2)38-22(20)27-19(32)14-37-25-29-28-17(30(25)4)13-26-18(31)12-16-10-8-7-9-11-16/h7-11H,5-6,12-14H2,1-4H3,(H,26,31)(H,27,32). The van der Waals surface area contributed by atoms with Crippen molar-refractivity contribution in [2.45, 2.75) is 38.9 Å². The minimum absolute atomic E-state index is 0.0275. The molecule has 2 amide bonds. The molecule has 0 radical (unpaired) electrons. The average molecular weight is 560 g/mol. The van der Waals surface area contributed by atoms with Crippen LogP contribution in [-0.4, -0.2) is 57.5 Å². The van der Waals surface area contributed by atoms with E-state index in [1.165, 1.54) is 0 Å². The van der Waals surface area contributed by atoms with Crippen LogP contribution in [0.1, 0.15) is 50.8 Å². The fraction of sp³-hybridized carbons (Fsp3) is 0.360. The fourth-order valence-electron chi connectivity index (χ4n) is 3.38. The molecule has 2 aromatic heterocycles. The van der Waals surface area contributed by atoms with Crippen LogP contribution in [0.2, 0.25) is 0 Å². The molecule has 2 N–H and O–H groups in total. The smallest absolute Gasteiger partial charge is 0.348 e. The molecule has 0 bridgehead atoms. The number of hydrogen-bond acceptors (Lipinski definition) is 10. The van der Waals surface area contributed by atoms with Gasteiger partial charge in [0, 0.05) is 7.05 Å². The molecular formula is C25H29N5O6S2. The van der Waals surface area contributed by atoms with E-state index in [0.717, 1.165) is 28.7 Å². The molecule has 0 aliphatic heterocycles. The fourth-order valence-corrected chi connectivity index (χ4v) is 5.22. The number of thiophene rings is 1. The summed E-state index contributed by atoms with van der Waals surface area (Å²) in [4.78, 5) is 50.0. The van der Waals surface area contributed by atoms with Crippen LogP contribution < -0.4 is 10.6 Å². The molecule has 0 unspecified atom stereocenters. The van der Waals surface area contributed by atoms with Gasteiger partial charge in [-0.25, -0.2) is 9.59 Å². The zero-order valence-electron chi connectivity index (χ0n) is 21.5. The van der Waals surface area contributed by atoms with E-state index in [-0.39, 0.29) is 53.3 Å². The highest BCUT2D eigenvalue weighted by atomic mass is 32.2. The first kappa shape index (κ1) is 28.9. The van der Waals surface area contributed by atoms with Crippen LogP contribution in [-0.2, 0) is 39.1 Å². The van der Waals surface area contributed by atoms with Gasteiger partial charge in [0.25, 0.3) is 0 Å². The number of carbonyl (C=O) groups excluding carboxylic acids is 4. The first-order chi connectivity index (χ1) is 18.2. The van der Waals surface area contributed by atoms with Crippen LogP contribution in [0.3, 0.4) is 0 Å². The van der Waals surface area contributed by atoms with Gasteiger partial charge in [-0.1, -0.05) is 42.1 Å². The van der Waals surface area contributed by atoms with E-state index in [0.29, 0.717) is 16.5 Å². The van der Waals surface area contributed by atoms with Gasteiger partial charge in [0.15, 0.2) is 11.0 Å². The molecule has 13 heteroatoms. The summed E-state index contributed by atoms with van der Waals surface area (Å²) < 4.78 is 11.9. The Kier molecular flexibility index (Phi) is 10.4. The highest BCUT2D eigenvalue weighted by molar-refractivity contribution is 7.99. The molecule has 38 heavy (non-hydrogen) atoms. The molecular weight excluding hydrogens is 530 g/mol. The van der Waals surface area contributed by atoms with Gasteiger partial charge in [-0.15, -0.1) is 21.5 Å². The highest BCUT2D eigenvalue weighted by Gasteiger charge is 2.27. The molecule has 0 saturated heterocycles. The van der Waals surface area contributed by atoms with Crippen molar-refractivity contribution in [1.82, 2.24) is 20.1 Å². The molecule has 0 saturated carbocycles. The van der Waals surface area contributed by atoms with Crippen LogP contribution in [0.25, 0.3) is 0 Å². The lowest BCUT2D eigenvalue weighted by molar-refractivity contribution is -0.120. The summed E-state index contributed by atoms with van der Waals surface area (Å²) in [6.45, 7) is 5.48. The third kappa shape index (κ3) is 7.42. The molecule has 0 aliphatic rings. The summed E-state index contributed by atoms with van der Waals surface area (Å²) in [6, 6.07) is 9.41. The number of benzene rings is 1. The lowest BCUT2D eigenvalue weighted by Gasteiger charge is -2.08. The van der Waals surface area contributed by atoms with E-state index < -0.39 is 17.8 Å². The Labute approximate surface area is 228 Å². The quantitative estimate of drug-likeness (QED) is 0.253. The van der Waals surface area contributed by atoms with Gasteiger partial charge in [0.1, 0.15) is 9.88 Å². The van der Waals surface area contributed by atoms with Crippen molar-refractivity contribution in [2.24, 2.45) is 7.05 Å². The van der Waals surface area contributed by atoms with Crippen molar-refractivity contribution >= 4 is 51.9 Å². The van der Waals surface area contributed by atoms with Crippen molar-refractivity contribution in [3.63, 3.8) is 0 Å². The van der Waals surface area contributed by atoms with Crippen molar-refractivity contribution in [1.29, 1.82) is 0 Å². The highest BCUT2D eigenvalue weighted by Crippen LogP contribution is 2.34. The van der Waals surface area contributed by atoms with Crippen LogP contribution in [0.4, 0.5) is 5.00 Å². The molecule has 202 valence electrons. The molecule has 0 atom stereocenters. The maximum atomic E-state index is 12.7. The Hall–Kier alpha value is -3.71. The number of nitrogens with zero attached hydrogens (tertiary/aromatic N) is 3. The second-order valence-electron chi connectivity index (χ2n) is 7.94. The van der Waals surface area contributed by atoms with E-state index in [1.807, 2.05) is 30.3 Å². The Morgan fingerprint density at radius 3 is 2.37 bits per heavy atom. The zero-order valence-corrected chi connectivity index (χ0v) is 23.2. The van der Waals surface area contributed by atoms with E-state index in [9.17, 15) is 19.2 Å². The van der Waals surface area contributed by atoms with Gasteiger partial charge in [-0.05, 0) is 31.9 Å². The van der Waals surface area contributed by atoms with Crippen molar-refractivity contribution in [3.05, 3.63) is 57.7 Å². The molecule has 0 aliphatic carbocycles. The van der Waals surface area contributed by atoms with Gasteiger partial charge >= 0.3 is 11.9 Å². The minimum atomic E-state index is -0.632. The SMILES string of the molecule is CCOC(=O)c1sc(NC(=O)CSc2nnc(CNC(=O)Cc3ccccc3)n2C)c(C(=O)OCC)c1C. The number of aromatic nitrogens is 3. The number of ether oxygens (including phenoxy) is 2. The number of esters is 2. The molecule has 3 rings (SSSR count). The topological polar surface area (TPSA) is 142 Å². The summed E-state index contributed by atoms with van der Waals surface area (Å²) in [5, 5.41) is 14.4. The summed E-state index contributed by atoms with van der Waals surface area (Å²) in [6.07, 6.45) is 0.258. The number of thioether (sulfide) groups is 1. The molecule has 11 nitrogen and oxygen atoms in total. The first-order valence-electron chi connectivity index (χ1n) is 11.8. The van der Waals surface area contributed by atoms with Gasteiger partial charge in [0.2, 0.25) is 11.8 Å². The molecule has 0 spiro atoms. The van der Waals surface area contributed by atoms with Gasteiger partial charge in [0.05, 0.1) is 37.5 Å². The normalized spacial score (nSPS) is 10.6. The molecule has 1 aromatic carbocycles. The maximum absolute atomic E-state index is 12.7. The minimum Gasteiger partial charge on any atom is -0.462 e. The number of hydrogen-bond donors (Lipinski definition) is 2. The second-order valence-corrected chi connectivity index (χ2v) is 9.90. The van der Waals surface area contributed by atoms with E-state index in [4.69, 9.17) is 9.47 Å². The van der Waals surface area contributed by atoms with E-state index in [1.54, 1.807) is 32.4 Å². The average Bonchev–Trinajstić information content (AvgIpc) is 3.41. The largest absolute Gasteiger partial charge is 0.462 e.